The summed E-state index contributed by atoms with van der Waals surface area (Å²) in [5.74, 6) is 0. The van der Waals surface area contributed by atoms with Crippen LogP contribution in [0.2, 0.25) is 0 Å². The van der Waals surface area contributed by atoms with Gasteiger partial charge in [0.25, 0.3) is 0 Å². The molecule has 1 heterocycles. The standard InChI is InChI=1S/C19H17N3OS/c23-18(20-16-11-10-13-6-4-5-9-15(13)16)22-19-21-17(12-24-19)14-7-2-1-3-8-14/h1-9,12,16H,10-11H2,(H2,20,21,22,23). The molecular weight excluding hydrogens is 318 g/mol. The molecule has 1 aliphatic rings. The summed E-state index contributed by atoms with van der Waals surface area (Å²) in [7, 11) is 0. The molecule has 4 nitrogen and oxygen atoms in total. The Bertz CT molecular complexity index is 860. The predicted octanol–water partition coefficient (Wildman–Crippen LogP) is 4.62. The maximum Gasteiger partial charge on any atom is 0.321 e. The Morgan fingerprint density at radius 1 is 1.08 bits per heavy atom. The van der Waals surface area contributed by atoms with Gasteiger partial charge in [0.05, 0.1) is 11.7 Å². The number of amides is 2. The maximum atomic E-state index is 12.3. The number of hydrogen-bond acceptors (Lipinski definition) is 3. The fraction of sp³-hybridized carbons (Fsp3) is 0.158. The molecule has 2 N–H and O–H groups in total. The van der Waals surface area contributed by atoms with Crippen molar-refractivity contribution in [1.29, 1.82) is 0 Å². The minimum Gasteiger partial charge on any atom is -0.331 e. The molecule has 5 heteroatoms. The molecule has 0 radical (unpaired) electrons. The zero-order valence-corrected chi connectivity index (χ0v) is 13.8. The van der Waals surface area contributed by atoms with Crippen molar-refractivity contribution in [3.63, 3.8) is 0 Å². The number of urea groups is 1. The van der Waals surface area contributed by atoms with E-state index < -0.39 is 0 Å². The minimum absolute atomic E-state index is 0.0785. The zero-order chi connectivity index (χ0) is 16.4. The lowest BCUT2D eigenvalue weighted by atomic mass is 10.1. The first-order valence-electron chi connectivity index (χ1n) is 7.96. The van der Waals surface area contributed by atoms with Crippen LogP contribution in [0.25, 0.3) is 11.3 Å². The summed E-state index contributed by atoms with van der Waals surface area (Å²) in [4.78, 5) is 16.8. The van der Waals surface area contributed by atoms with Crippen LogP contribution in [0.4, 0.5) is 9.93 Å². The first kappa shape index (κ1) is 14.9. The SMILES string of the molecule is O=C(Nc1nc(-c2ccccc2)cs1)NC1CCc2ccccc21. The molecule has 1 aliphatic carbocycles. The predicted molar refractivity (Wildman–Crippen MR) is 97.2 cm³/mol. The molecule has 120 valence electrons. The van der Waals surface area contributed by atoms with E-state index in [1.807, 2.05) is 47.8 Å². The number of hydrogen-bond donors (Lipinski definition) is 2. The molecule has 0 fully saturated rings. The Morgan fingerprint density at radius 2 is 1.88 bits per heavy atom. The monoisotopic (exact) mass is 335 g/mol. The number of rotatable bonds is 3. The van der Waals surface area contributed by atoms with Crippen LogP contribution in [0, 0.1) is 0 Å². The van der Waals surface area contributed by atoms with E-state index in [-0.39, 0.29) is 12.1 Å². The number of carbonyl (C=O) groups excluding carboxylic acids is 1. The van der Waals surface area contributed by atoms with E-state index in [4.69, 9.17) is 0 Å². The number of aryl methyl sites for hydroxylation is 1. The van der Waals surface area contributed by atoms with E-state index in [0.717, 1.165) is 24.1 Å². The summed E-state index contributed by atoms with van der Waals surface area (Å²) in [6.45, 7) is 0. The van der Waals surface area contributed by atoms with Crippen molar-refractivity contribution < 1.29 is 4.79 Å². The molecular formula is C19H17N3OS. The van der Waals surface area contributed by atoms with E-state index in [2.05, 4.69) is 27.8 Å². The molecule has 1 aromatic heterocycles. The second-order valence-corrected chi connectivity index (χ2v) is 6.65. The second-order valence-electron chi connectivity index (χ2n) is 5.79. The molecule has 2 aromatic carbocycles. The van der Waals surface area contributed by atoms with Crippen LogP contribution in [0.3, 0.4) is 0 Å². The number of anilines is 1. The number of fused-ring (bicyclic) bond motifs is 1. The van der Waals surface area contributed by atoms with Crippen molar-refractivity contribution in [2.45, 2.75) is 18.9 Å². The van der Waals surface area contributed by atoms with Crippen LogP contribution in [0.1, 0.15) is 23.6 Å². The van der Waals surface area contributed by atoms with Gasteiger partial charge in [-0.05, 0) is 24.0 Å². The summed E-state index contributed by atoms with van der Waals surface area (Å²) in [5.41, 5.74) is 4.47. The summed E-state index contributed by atoms with van der Waals surface area (Å²) >= 11 is 1.43. The lowest BCUT2D eigenvalue weighted by Crippen LogP contribution is -2.31. The Balaban J connectivity index is 1.42. The Hall–Kier alpha value is -2.66. The van der Waals surface area contributed by atoms with E-state index in [9.17, 15) is 4.79 Å². The molecule has 1 unspecified atom stereocenters. The van der Waals surface area contributed by atoms with Crippen LogP contribution in [-0.2, 0) is 6.42 Å². The fourth-order valence-corrected chi connectivity index (χ4v) is 3.79. The average Bonchev–Trinajstić information content (AvgIpc) is 3.23. The van der Waals surface area contributed by atoms with Gasteiger partial charge in [0.1, 0.15) is 0 Å². The molecule has 0 bridgehead atoms. The van der Waals surface area contributed by atoms with Gasteiger partial charge in [-0.1, -0.05) is 54.6 Å². The van der Waals surface area contributed by atoms with Crippen molar-refractivity contribution in [3.05, 3.63) is 71.1 Å². The van der Waals surface area contributed by atoms with Gasteiger partial charge in [-0.2, -0.15) is 0 Å². The first-order valence-corrected chi connectivity index (χ1v) is 8.84. The van der Waals surface area contributed by atoms with E-state index >= 15 is 0 Å². The van der Waals surface area contributed by atoms with Crippen LogP contribution in [0.5, 0.6) is 0 Å². The van der Waals surface area contributed by atoms with Crippen molar-refractivity contribution in [3.8, 4) is 11.3 Å². The Kier molecular flexibility index (Phi) is 4.01. The van der Waals surface area contributed by atoms with Crippen LogP contribution in [-0.4, -0.2) is 11.0 Å². The van der Waals surface area contributed by atoms with Crippen LogP contribution >= 0.6 is 11.3 Å². The second kappa shape index (κ2) is 6.45. The minimum atomic E-state index is -0.203. The Morgan fingerprint density at radius 3 is 2.75 bits per heavy atom. The lowest BCUT2D eigenvalue weighted by molar-refractivity contribution is 0.248. The molecule has 24 heavy (non-hydrogen) atoms. The van der Waals surface area contributed by atoms with E-state index in [1.54, 1.807) is 0 Å². The number of benzene rings is 2. The molecule has 3 aromatic rings. The molecule has 4 rings (SSSR count). The quantitative estimate of drug-likeness (QED) is 0.734. The van der Waals surface area contributed by atoms with Crippen molar-refractivity contribution in [2.75, 3.05) is 5.32 Å². The summed E-state index contributed by atoms with van der Waals surface area (Å²) in [5, 5.41) is 8.46. The van der Waals surface area contributed by atoms with E-state index in [1.165, 1.54) is 22.5 Å². The van der Waals surface area contributed by atoms with Gasteiger partial charge in [0.15, 0.2) is 5.13 Å². The highest BCUT2D eigenvalue weighted by Gasteiger charge is 2.23. The molecule has 0 saturated carbocycles. The van der Waals surface area contributed by atoms with Crippen LogP contribution < -0.4 is 10.6 Å². The number of carbonyl (C=O) groups is 1. The van der Waals surface area contributed by atoms with Gasteiger partial charge >= 0.3 is 6.03 Å². The number of thiazole rings is 1. The molecule has 0 saturated heterocycles. The number of nitrogens with one attached hydrogen (secondary N) is 2. The van der Waals surface area contributed by atoms with Gasteiger partial charge in [0, 0.05) is 10.9 Å². The number of nitrogens with zero attached hydrogens (tertiary/aromatic N) is 1. The van der Waals surface area contributed by atoms with Crippen molar-refractivity contribution >= 4 is 22.5 Å². The normalized spacial score (nSPS) is 15.8. The average molecular weight is 335 g/mol. The highest BCUT2D eigenvalue weighted by molar-refractivity contribution is 7.14. The maximum absolute atomic E-state index is 12.3. The van der Waals surface area contributed by atoms with Crippen molar-refractivity contribution in [1.82, 2.24) is 10.3 Å². The number of aromatic nitrogens is 1. The zero-order valence-electron chi connectivity index (χ0n) is 13.0. The third-order valence-electron chi connectivity index (χ3n) is 4.23. The first-order chi connectivity index (χ1) is 11.8. The highest BCUT2D eigenvalue weighted by atomic mass is 32.1. The summed E-state index contributed by atoms with van der Waals surface area (Å²) in [6.07, 6.45) is 1.95. The van der Waals surface area contributed by atoms with Crippen LogP contribution in [0.15, 0.2) is 60.0 Å². The highest BCUT2D eigenvalue weighted by Crippen LogP contribution is 2.31. The summed E-state index contributed by atoms with van der Waals surface area (Å²) in [6, 6.07) is 18.1. The lowest BCUT2D eigenvalue weighted by Gasteiger charge is -2.13. The van der Waals surface area contributed by atoms with Gasteiger partial charge in [-0.15, -0.1) is 11.3 Å². The van der Waals surface area contributed by atoms with Gasteiger partial charge in [-0.25, -0.2) is 9.78 Å². The summed E-state index contributed by atoms with van der Waals surface area (Å²) < 4.78 is 0. The molecule has 0 aliphatic heterocycles. The third kappa shape index (κ3) is 3.03. The van der Waals surface area contributed by atoms with Gasteiger partial charge in [0.2, 0.25) is 0 Å². The van der Waals surface area contributed by atoms with Crippen molar-refractivity contribution in [2.24, 2.45) is 0 Å². The molecule has 2 amide bonds. The topological polar surface area (TPSA) is 54.0 Å². The smallest absolute Gasteiger partial charge is 0.321 e. The molecule has 1 atom stereocenters. The Labute approximate surface area is 144 Å². The fourth-order valence-electron chi connectivity index (χ4n) is 3.07. The third-order valence-corrected chi connectivity index (χ3v) is 4.99. The largest absolute Gasteiger partial charge is 0.331 e. The van der Waals surface area contributed by atoms with Gasteiger partial charge in [-0.3, -0.25) is 5.32 Å². The van der Waals surface area contributed by atoms with E-state index in [0.29, 0.717) is 5.13 Å². The molecule has 0 spiro atoms. The van der Waals surface area contributed by atoms with Gasteiger partial charge < -0.3 is 5.32 Å².